The summed E-state index contributed by atoms with van der Waals surface area (Å²) in [5.74, 6) is -1.51. The molecule has 0 aliphatic carbocycles. The van der Waals surface area contributed by atoms with Crippen molar-refractivity contribution in [2.75, 3.05) is 32.2 Å². The highest BCUT2D eigenvalue weighted by Crippen LogP contribution is 2.22. The van der Waals surface area contributed by atoms with Gasteiger partial charge >= 0.3 is 5.97 Å². The van der Waals surface area contributed by atoms with E-state index in [0.29, 0.717) is 13.2 Å². The number of nitrogens with one attached hydrogen (secondary N) is 2. The third-order valence-electron chi connectivity index (χ3n) is 2.21. The summed E-state index contributed by atoms with van der Waals surface area (Å²) < 4.78 is 4.76. The van der Waals surface area contributed by atoms with Crippen molar-refractivity contribution in [2.24, 2.45) is 0 Å². The number of hydrogen-bond acceptors (Lipinski definition) is 5. The van der Waals surface area contributed by atoms with Gasteiger partial charge in [-0.2, -0.15) is 5.48 Å². The molecule has 8 heteroatoms. The van der Waals surface area contributed by atoms with Gasteiger partial charge in [0.1, 0.15) is 6.54 Å². The number of carboxylic acid groups (broad SMARTS) is 1. The van der Waals surface area contributed by atoms with Crippen molar-refractivity contribution in [3.05, 3.63) is 28.8 Å². The zero-order chi connectivity index (χ0) is 15.0. The molecule has 1 aromatic rings. The number of ether oxygens (including phenoxy) is 1. The molecule has 0 aliphatic heterocycles. The van der Waals surface area contributed by atoms with Crippen molar-refractivity contribution in [2.45, 2.75) is 0 Å². The van der Waals surface area contributed by atoms with Gasteiger partial charge in [-0.25, -0.2) is 4.79 Å². The average molecular weight is 303 g/mol. The molecule has 0 unspecified atom stereocenters. The molecule has 20 heavy (non-hydrogen) atoms. The Bertz CT molecular complexity index is 481. The van der Waals surface area contributed by atoms with Crippen LogP contribution in [0, 0.1) is 0 Å². The molecule has 0 aromatic heterocycles. The predicted molar refractivity (Wildman–Crippen MR) is 72.9 cm³/mol. The maximum atomic E-state index is 11.6. The van der Waals surface area contributed by atoms with E-state index in [1.807, 2.05) is 0 Å². The second kappa shape index (κ2) is 8.49. The first-order valence-corrected chi connectivity index (χ1v) is 6.08. The van der Waals surface area contributed by atoms with Crippen LogP contribution in [0.3, 0.4) is 0 Å². The molecule has 0 aliphatic rings. The van der Waals surface area contributed by atoms with Gasteiger partial charge in [0.25, 0.3) is 0 Å². The van der Waals surface area contributed by atoms with Crippen LogP contribution in [0.1, 0.15) is 10.4 Å². The molecular formula is C12H15ClN2O5. The Morgan fingerprint density at radius 2 is 2.10 bits per heavy atom. The van der Waals surface area contributed by atoms with Crippen molar-refractivity contribution in [1.29, 1.82) is 0 Å². The SMILES string of the molecule is COCCONCC(=O)Nc1cc(C(=O)O)ccc1Cl. The van der Waals surface area contributed by atoms with Crippen LogP contribution in [0.5, 0.6) is 0 Å². The maximum absolute atomic E-state index is 11.6. The van der Waals surface area contributed by atoms with E-state index in [1.165, 1.54) is 25.3 Å². The number of carboxylic acids is 1. The summed E-state index contributed by atoms with van der Waals surface area (Å²) >= 11 is 5.87. The number of halogens is 1. The Hall–Kier alpha value is -1.67. The van der Waals surface area contributed by atoms with Crippen molar-refractivity contribution in [1.82, 2.24) is 5.48 Å². The first-order chi connectivity index (χ1) is 9.54. The summed E-state index contributed by atoms with van der Waals surface area (Å²) in [7, 11) is 1.54. The second-order valence-corrected chi connectivity index (χ2v) is 4.12. The van der Waals surface area contributed by atoms with E-state index in [9.17, 15) is 9.59 Å². The molecule has 0 atom stereocenters. The Labute approximate surface area is 120 Å². The quantitative estimate of drug-likeness (QED) is 0.492. The van der Waals surface area contributed by atoms with Crippen LogP contribution in [0.15, 0.2) is 18.2 Å². The average Bonchev–Trinajstić information content (AvgIpc) is 2.40. The normalized spacial score (nSPS) is 10.3. The number of amides is 1. The third-order valence-corrected chi connectivity index (χ3v) is 2.54. The lowest BCUT2D eigenvalue weighted by atomic mass is 10.2. The van der Waals surface area contributed by atoms with Gasteiger partial charge in [-0.15, -0.1) is 0 Å². The number of carbonyl (C=O) groups is 2. The van der Waals surface area contributed by atoms with E-state index in [0.717, 1.165) is 0 Å². The van der Waals surface area contributed by atoms with Gasteiger partial charge in [0.2, 0.25) is 5.91 Å². The van der Waals surface area contributed by atoms with Gasteiger partial charge in [0, 0.05) is 7.11 Å². The Morgan fingerprint density at radius 3 is 2.75 bits per heavy atom. The molecule has 7 nitrogen and oxygen atoms in total. The largest absolute Gasteiger partial charge is 0.478 e. The monoisotopic (exact) mass is 302 g/mol. The zero-order valence-corrected chi connectivity index (χ0v) is 11.6. The summed E-state index contributed by atoms with van der Waals surface area (Å²) in [6, 6.07) is 4.05. The predicted octanol–water partition coefficient (Wildman–Crippen LogP) is 1.14. The van der Waals surface area contributed by atoms with Gasteiger partial charge in [-0.3, -0.25) is 9.63 Å². The van der Waals surface area contributed by atoms with Gasteiger partial charge < -0.3 is 15.2 Å². The van der Waals surface area contributed by atoms with Crippen molar-refractivity contribution < 1.29 is 24.3 Å². The standard InChI is InChI=1S/C12H15ClN2O5/c1-19-4-5-20-14-7-11(16)15-10-6-8(12(17)18)2-3-9(10)13/h2-3,6,14H,4-5,7H2,1H3,(H,15,16)(H,17,18). The molecule has 110 valence electrons. The van der Waals surface area contributed by atoms with Crippen molar-refractivity contribution in [3.8, 4) is 0 Å². The smallest absolute Gasteiger partial charge is 0.335 e. The topological polar surface area (TPSA) is 96.9 Å². The molecule has 1 rings (SSSR count). The summed E-state index contributed by atoms with van der Waals surface area (Å²) in [4.78, 5) is 27.3. The lowest BCUT2D eigenvalue weighted by Gasteiger charge is -2.09. The van der Waals surface area contributed by atoms with Crippen LogP contribution < -0.4 is 10.8 Å². The summed E-state index contributed by atoms with van der Waals surface area (Å²) in [6.45, 7) is 0.609. The molecule has 1 aromatic carbocycles. The molecule has 0 saturated heterocycles. The number of carbonyl (C=O) groups excluding carboxylic acids is 1. The van der Waals surface area contributed by atoms with Gasteiger partial charge in [0.15, 0.2) is 0 Å². The fourth-order valence-corrected chi connectivity index (χ4v) is 1.43. The van der Waals surface area contributed by atoms with E-state index in [-0.39, 0.29) is 22.8 Å². The minimum atomic E-state index is -1.10. The maximum Gasteiger partial charge on any atom is 0.335 e. The van der Waals surface area contributed by atoms with E-state index in [2.05, 4.69) is 10.8 Å². The lowest BCUT2D eigenvalue weighted by molar-refractivity contribution is -0.118. The third kappa shape index (κ3) is 5.54. The van der Waals surface area contributed by atoms with Gasteiger partial charge in [-0.05, 0) is 18.2 Å². The van der Waals surface area contributed by atoms with E-state index >= 15 is 0 Å². The Balaban J connectivity index is 2.49. The van der Waals surface area contributed by atoms with Gasteiger partial charge in [0.05, 0.1) is 29.5 Å². The van der Waals surface area contributed by atoms with Crippen LogP contribution in [-0.4, -0.2) is 43.9 Å². The summed E-state index contributed by atoms with van der Waals surface area (Å²) in [5.41, 5.74) is 2.71. The molecule has 0 fully saturated rings. The van der Waals surface area contributed by atoms with E-state index in [4.69, 9.17) is 26.3 Å². The van der Waals surface area contributed by atoms with Crippen molar-refractivity contribution in [3.63, 3.8) is 0 Å². The fourth-order valence-electron chi connectivity index (χ4n) is 1.26. The Morgan fingerprint density at radius 1 is 1.35 bits per heavy atom. The number of rotatable bonds is 8. The van der Waals surface area contributed by atoms with E-state index < -0.39 is 11.9 Å². The first-order valence-electron chi connectivity index (χ1n) is 5.71. The number of aromatic carboxylic acids is 1. The first kappa shape index (κ1) is 16.4. The molecule has 1 amide bonds. The van der Waals surface area contributed by atoms with Crippen molar-refractivity contribution >= 4 is 29.2 Å². The van der Waals surface area contributed by atoms with Crippen LogP contribution in [0.4, 0.5) is 5.69 Å². The molecule has 0 spiro atoms. The molecular weight excluding hydrogens is 288 g/mol. The highest BCUT2D eigenvalue weighted by molar-refractivity contribution is 6.33. The highest BCUT2D eigenvalue weighted by atomic mass is 35.5. The number of benzene rings is 1. The second-order valence-electron chi connectivity index (χ2n) is 3.71. The Kier molecular flexibility index (Phi) is 6.96. The van der Waals surface area contributed by atoms with Crippen LogP contribution in [-0.2, 0) is 14.4 Å². The minimum Gasteiger partial charge on any atom is -0.478 e. The van der Waals surface area contributed by atoms with E-state index in [1.54, 1.807) is 0 Å². The number of methoxy groups -OCH3 is 1. The number of hydrogen-bond donors (Lipinski definition) is 3. The van der Waals surface area contributed by atoms with Gasteiger partial charge in [-0.1, -0.05) is 11.6 Å². The van der Waals surface area contributed by atoms with Crippen LogP contribution >= 0.6 is 11.6 Å². The zero-order valence-electron chi connectivity index (χ0n) is 10.8. The summed E-state index contributed by atoms with van der Waals surface area (Å²) in [5, 5.41) is 11.6. The molecule has 3 N–H and O–H groups in total. The minimum absolute atomic E-state index is 0.0361. The number of anilines is 1. The molecule has 0 saturated carbocycles. The number of hydroxylamine groups is 1. The fraction of sp³-hybridized carbons (Fsp3) is 0.333. The van der Waals surface area contributed by atoms with Crippen LogP contribution in [0.2, 0.25) is 5.02 Å². The highest BCUT2D eigenvalue weighted by Gasteiger charge is 2.10. The molecule has 0 bridgehead atoms. The van der Waals surface area contributed by atoms with Crippen LogP contribution in [0.25, 0.3) is 0 Å². The summed E-state index contributed by atoms with van der Waals surface area (Å²) in [6.07, 6.45) is 0. The molecule has 0 heterocycles. The molecule has 0 radical (unpaired) electrons. The lowest BCUT2D eigenvalue weighted by Crippen LogP contribution is -2.29.